The fourth-order valence-electron chi connectivity index (χ4n) is 0.481. The Morgan fingerprint density at radius 2 is 2.08 bits per heavy atom. The third-order valence-electron chi connectivity index (χ3n) is 1.06. The number of hydrogen-bond donors (Lipinski definition) is 3. The van der Waals surface area contributed by atoms with Gasteiger partial charge in [0.25, 0.3) is 0 Å². The molecule has 0 aromatic carbocycles. The van der Waals surface area contributed by atoms with E-state index in [0.29, 0.717) is 4.91 Å². The maximum atomic E-state index is 10.3. The molecule has 0 aliphatic carbocycles. The molecule has 0 unspecified atom stereocenters. The number of thioether (sulfide) groups is 1. The Hall–Kier alpha value is -0.520. The average molecular weight is 191 g/mol. The van der Waals surface area contributed by atoms with E-state index in [1.54, 1.807) is 0 Å². The van der Waals surface area contributed by atoms with Crippen LogP contribution in [0.5, 0.6) is 0 Å². The molecule has 0 aromatic heterocycles. The number of carbonyl (C=O) groups is 1. The predicted molar refractivity (Wildman–Crippen MR) is 46.4 cm³/mol. The Morgan fingerprint density at radius 3 is 2.42 bits per heavy atom. The Morgan fingerprint density at radius 1 is 1.50 bits per heavy atom. The monoisotopic (exact) mass is 191 g/mol. The van der Waals surface area contributed by atoms with Gasteiger partial charge in [0.1, 0.15) is 5.25 Å². The number of rotatable bonds is 5. The van der Waals surface area contributed by atoms with E-state index < -0.39 is 5.97 Å². The zero-order valence-electron chi connectivity index (χ0n) is 6.65. The second-order valence-corrected chi connectivity index (χ2v) is 3.32. The van der Waals surface area contributed by atoms with E-state index in [0.717, 1.165) is 11.8 Å². The molecule has 0 atom stereocenters. The van der Waals surface area contributed by atoms with E-state index >= 15 is 0 Å². The molecule has 4 nitrogen and oxygen atoms in total. The van der Waals surface area contributed by atoms with Gasteiger partial charge in [0.2, 0.25) is 0 Å². The summed E-state index contributed by atoms with van der Waals surface area (Å²) < 4.78 is 0. The lowest BCUT2D eigenvalue weighted by molar-refractivity contribution is -0.133. The molecule has 0 saturated heterocycles. The van der Waals surface area contributed by atoms with Crippen molar-refractivity contribution in [3.8, 4) is 0 Å². The summed E-state index contributed by atoms with van der Waals surface area (Å²) in [6.07, 6.45) is 1.37. The minimum absolute atomic E-state index is 0.170. The van der Waals surface area contributed by atoms with Gasteiger partial charge in [0.15, 0.2) is 0 Å². The molecule has 0 heterocycles. The van der Waals surface area contributed by atoms with Gasteiger partial charge >= 0.3 is 5.97 Å². The summed E-state index contributed by atoms with van der Waals surface area (Å²) in [5, 5.41) is 25.8. The first kappa shape index (κ1) is 11.5. The second kappa shape index (κ2) is 6.05. The largest absolute Gasteiger partial charge is 0.480 e. The average Bonchev–Trinajstić information content (AvgIpc) is 2.03. The molecular weight excluding hydrogens is 180 g/mol. The molecular formula is C7H11O4S. The fraction of sp³-hybridized carbons (Fsp3) is 0.429. The Bertz CT molecular complexity index is 178. The number of aliphatic hydroxyl groups excluding tert-OH is 2. The highest BCUT2D eigenvalue weighted by molar-refractivity contribution is 8.06. The smallest absolute Gasteiger partial charge is 0.321 e. The molecule has 69 valence electrons. The standard InChI is InChI=1S/C7H11O4S/c1-5(7(10)11)12-6(4-9)2-3-8/h2,8-9H,3-4H2,1H3,(H,10,11)/b6-2+. The zero-order valence-corrected chi connectivity index (χ0v) is 7.47. The quantitative estimate of drug-likeness (QED) is 0.579. The van der Waals surface area contributed by atoms with Crippen LogP contribution in [0.4, 0.5) is 0 Å². The van der Waals surface area contributed by atoms with Crippen LogP contribution >= 0.6 is 11.8 Å². The van der Waals surface area contributed by atoms with Gasteiger partial charge in [0.05, 0.1) is 13.2 Å². The van der Waals surface area contributed by atoms with Crippen LogP contribution in [-0.4, -0.2) is 34.5 Å². The number of hydrogen-bond acceptors (Lipinski definition) is 4. The third kappa shape index (κ3) is 4.38. The van der Waals surface area contributed by atoms with Crippen LogP contribution in [0.15, 0.2) is 11.0 Å². The lowest BCUT2D eigenvalue weighted by atomic mass is 10.5. The van der Waals surface area contributed by atoms with Gasteiger partial charge in [-0.3, -0.25) is 4.79 Å². The van der Waals surface area contributed by atoms with Crippen molar-refractivity contribution in [2.75, 3.05) is 13.2 Å². The first-order valence-electron chi connectivity index (χ1n) is 3.27. The van der Waals surface area contributed by atoms with E-state index in [2.05, 4.69) is 0 Å². The van der Waals surface area contributed by atoms with Crippen LogP contribution in [0, 0.1) is 5.25 Å². The van der Waals surface area contributed by atoms with Crippen molar-refractivity contribution in [1.29, 1.82) is 0 Å². The Labute approximate surface area is 74.9 Å². The second-order valence-electron chi connectivity index (χ2n) is 1.97. The number of aliphatic hydroxyl groups is 2. The molecule has 0 saturated carbocycles. The van der Waals surface area contributed by atoms with E-state index in [4.69, 9.17) is 15.3 Å². The lowest BCUT2D eigenvalue weighted by Gasteiger charge is -2.05. The van der Waals surface area contributed by atoms with Crippen LogP contribution in [0.25, 0.3) is 0 Å². The van der Waals surface area contributed by atoms with Gasteiger partial charge in [0, 0.05) is 4.91 Å². The Balaban J connectivity index is 4.02. The molecule has 1 radical (unpaired) electrons. The van der Waals surface area contributed by atoms with E-state index in [1.165, 1.54) is 13.0 Å². The first-order chi connectivity index (χ1) is 5.61. The van der Waals surface area contributed by atoms with Crippen molar-refractivity contribution in [2.45, 2.75) is 6.92 Å². The third-order valence-corrected chi connectivity index (χ3v) is 2.10. The van der Waals surface area contributed by atoms with Gasteiger partial charge < -0.3 is 15.3 Å². The number of aliphatic carboxylic acids is 1. The summed E-state index contributed by atoms with van der Waals surface area (Å²) in [4.78, 5) is 10.8. The summed E-state index contributed by atoms with van der Waals surface area (Å²) in [5.41, 5.74) is 0. The molecule has 0 aliphatic rings. The molecule has 12 heavy (non-hydrogen) atoms. The van der Waals surface area contributed by atoms with Gasteiger partial charge in [-0.1, -0.05) is 0 Å². The van der Waals surface area contributed by atoms with Crippen LogP contribution in [0.1, 0.15) is 6.92 Å². The van der Waals surface area contributed by atoms with Crippen molar-refractivity contribution >= 4 is 17.7 Å². The first-order valence-corrected chi connectivity index (χ1v) is 4.09. The molecule has 3 N–H and O–H groups in total. The van der Waals surface area contributed by atoms with Gasteiger partial charge in [-0.2, -0.15) is 0 Å². The van der Waals surface area contributed by atoms with Crippen LogP contribution < -0.4 is 0 Å². The zero-order chi connectivity index (χ0) is 9.56. The minimum atomic E-state index is -1.02. The summed E-state index contributed by atoms with van der Waals surface area (Å²) in [7, 11) is 0. The predicted octanol–water partition coefficient (Wildman–Crippen LogP) is 0.225. The summed E-state index contributed by atoms with van der Waals surface area (Å²) in [6.45, 7) is 0.986. The maximum Gasteiger partial charge on any atom is 0.321 e. The van der Waals surface area contributed by atoms with Crippen molar-refractivity contribution in [3.05, 3.63) is 16.2 Å². The van der Waals surface area contributed by atoms with Gasteiger partial charge in [-0.25, -0.2) is 0 Å². The lowest BCUT2D eigenvalue weighted by Crippen LogP contribution is -2.04. The minimum Gasteiger partial charge on any atom is -0.480 e. The molecule has 0 aliphatic heterocycles. The molecule has 0 amide bonds. The van der Waals surface area contributed by atoms with Crippen LogP contribution in [-0.2, 0) is 4.79 Å². The topological polar surface area (TPSA) is 77.8 Å². The molecule has 5 heteroatoms. The Kier molecular flexibility index (Phi) is 5.79. The number of carboxylic acid groups (broad SMARTS) is 1. The highest BCUT2D eigenvalue weighted by Crippen LogP contribution is 2.26. The van der Waals surface area contributed by atoms with Crippen molar-refractivity contribution in [2.24, 2.45) is 0 Å². The summed E-state index contributed by atoms with van der Waals surface area (Å²) in [5.74, 6) is -1.02. The molecule has 0 aromatic rings. The molecule has 0 fully saturated rings. The molecule has 0 spiro atoms. The van der Waals surface area contributed by atoms with E-state index in [1.807, 2.05) is 0 Å². The summed E-state index contributed by atoms with van der Waals surface area (Å²) in [6, 6.07) is 0. The van der Waals surface area contributed by atoms with Crippen molar-refractivity contribution in [3.63, 3.8) is 0 Å². The summed E-state index contributed by atoms with van der Waals surface area (Å²) >= 11 is 0.946. The van der Waals surface area contributed by atoms with Crippen molar-refractivity contribution in [1.82, 2.24) is 0 Å². The maximum absolute atomic E-state index is 10.3. The van der Waals surface area contributed by atoms with Crippen molar-refractivity contribution < 1.29 is 20.1 Å². The molecule has 0 bridgehead atoms. The van der Waals surface area contributed by atoms with E-state index in [-0.39, 0.29) is 18.5 Å². The van der Waals surface area contributed by atoms with Gasteiger partial charge in [-0.05, 0) is 13.0 Å². The fourth-order valence-corrected chi connectivity index (χ4v) is 1.18. The normalized spacial score (nSPS) is 12.2. The van der Waals surface area contributed by atoms with Crippen LogP contribution in [0.3, 0.4) is 0 Å². The number of carboxylic acids is 1. The van der Waals surface area contributed by atoms with E-state index in [9.17, 15) is 4.79 Å². The SMILES string of the molecule is C[C](S/C(=C/CO)CO)C(=O)O. The van der Waals surface area contributed by atoms with Crippen LogP contribution in [0.2, 0.25) is 0 Å². The highest BCUT2D eigenvalue weighted by atomic mass is 32.2. The molecule has 0 rings (SSSR count). The van der Waals surface area contributed by atoms with Gasteiger partial charge in [-0.15, -0.1) is 11.8 Å². The highest BCUT2D eigenvalue weighted by Gasteiger charge is 2.14.